The summed E-state index contributed by atoms with van der Waals surface area (Å²) in [6.07, 6.45) is 1.62. The van der Waals surface area contributed by atoms with Crippen molar-refractivity contribution in [2.75, 3.05) is 12.4 Å². The molecule has 5 heteroatoms. The highest BCUT2D eigenvalue weighted by molar-refractivity contribution is 7.18. The van der Waals surface area contributed by atoms with E-state index in [1.54, 1.807) is 24.8 Å². The molecule has 0 aliphatic heterocycles. The lowest BCUT2D eigenvalue weighted by Crippen LogP contribution is -2.08. The number of nitrogens with zero attached hydrogens (tertiary/aromatic N) is 2. The number of nitrogens with one attached hydrogen (secondary N) is 1. The van der Waals surface area contributed by atoms with Crippen molar-refractivity contribution in [3.8, 4) is 5.75 Å². The molecular formula is C16H17N3OS. The Labute approximate surface area is 127 Å². The highest BCUT2D eigenvalue weighted by atomic mass is 32.1. The van der Waals surface area contributed by atoms with E-state index in [-0.39, 0.29) is 6.04 Å². The summed E-state index contributed by atoms with van der Waals surface area (Å²) in [5.41, 5.74) is 3.41. The Kier molecular flexibility index (Phi) is 3.75. The molecule has 1 aromatic carbocycles. The zero-order valence-electron chi connectivity index (χ0n) is 12.3. The molecule has 0 bridgehead atoms. The zero-order valence-corrected chi connectivity index (χ0v) is 13.1. The maximum Gasteiger partial charge on any atom is 0.147 e. The van der Waals surface area contributed by atoms with Gasteiger partial charge in [-0.1, -0.05) is 12.1 Å². The molecule has 21 heavy (non-hydrogen) atoms. The number of ether oxygens (including phenoxy) is 1. The van der Waals surface area contributed by atoms with Gasteiger partial charge < -0.3 is 10.1 Å². The van der Waals surface area contributed by atoms with Crippen molar-refractivity contribution >= 4 is 27.4 Å². The minimum Gasteiger partial charge on any atom is -0.497 e. The Morgan fingerprint density at radius 1 is 1.19 bits per heavy atom. The van der Waals surface area contributed by atoms with Gasteiger partial charge >= 0.3 is 0 Å². The molecular weight excluding hydrogens is 282 g/mol. The molecule has 108 valence electrons. The number of aromatic nitrogens is 2. The Bertz CT molecular complexity index is 752. The number of methoxy groups -OCH3 is 1. The molecule has 2 aromatic heterocycles. The number of rotatable bonds is 4. The van der Waals surface area contributed by atoms with E-state index in [0.717, 1.165) is 21.8 Å². The van der Waals surface area contributed by atoms with Crippen LogP contribution in [0.15, 0.2) is 36.0 Å². The molecule has 0 spiro atoms. The number of anilines is 1. The Morgan fingerprint density at radius 2 is 1.95 bits per heavy atom. The summed E-state index contributed by atoms with van der Waals surface area (Å²) in [5, 5.41) is 5.58. The quantitative estimate of drug-likeness (QED) is 0.785. The summed E-state index contributed by atoms with van der Waals surface area (Å²) in [4.78, 5) is 8.73. The average Bonchev–Trinajstić information content (AvgIpc) is 2.90. The maximum atomic E-state index is 5.19. The van der Waals surface area contributed by atoms with Crippen LogP contribution in [0.2, 0.25) is 0 Å². The van der Waals surface area contributed by atoms with Crippen LogP contribution in [0, 0.1) is 6.92 Å². The average molecular weight is 299 g/mol. The van der Waals surface area contributed by atoms with E-state index in [4.69, 9.17) is 4.74 Å². The predicted molar refractivity (Wildman–Crippen MR) is 87.2 cm³/mol. The van der Waals surface area contributed by atoms with Gasteiger partial charge in [-0.05, 0) is 42.5 Å². The summed E-state index contributed by atoms with van der Waals surface area (Å²) < 4.78 is 6.30. The van der Waals surface area contributed by atoms with E-state index < -0.39 is 0 Å². The summed E-state index contributed by atoms with van der Waals surface area (Å²) in [5.74, 6) is 1.76. The highest BCUT2D eigenvalue weighted by Crippen LogP contribution is 2.30. The van der Waals surface area contributed by atoms with Crippen LogP contribution in [0.5, 0.6) is 5.75 Å². The number of fused-ring (bicyclic) bond motifs is 1. The molecule has 1 atom stereocenters. The van der Waals surface area contributed by atoms with Gasteiger partial charge in [0.1, 0.15) is 17.9 Å². The fourth-order valence-corrected chi connectivity index (χ4v) is 3.21. The van der Waals surface area contributed by atoms with Crippen molar-refractivity contribution < 1.29 is 4.74 Å². The van der Waals surface area contributed by atoms with E-state index >= 15 is 0 Å². The highest BCUT2D eigenvalue weighted by Gasteiger charge is 2.11. The number of hydrogen-bond donors (Lipinski definition) is 1. The lowest BCUT2D eigenvalue weighted by atomic mass is 10.1. The minimum absolute atomic E-state index is 0.163. The first-order valence-electron chi connectivity index (χ1n) is 6.78. The van der Waals surface area contributed by atoms with E-state index in [9.17, 15) is 0 Å². The lowest BCUT2D eigenvalue weighted by Gasteiger charge is -2.15. The number of thiophene rings is 1. The van der Waals surface area contributed by atoms with Crippen LogP contribution < -0.4 is 10.1 Å². The second-order valence-corrected chi connectivity index (χ2v) is 5.84. The number of aryl methyl sites for hydroxylation is 1. The first-order chi connectivity index (χ1) is 10.2. The third-order valence-corrected chi connectivity index (χ3v) is 4.59. The smallest absolute Gasteiger partial charge is 0.147 e. The lowest BCUT2D eigenvalue weighted by molar-refractivity contribution is 0.414. The zero-order chi connectivity index (χ0) is 14.8. The molecule has 0 saturated heterocycles. The second kappa shape index (κ2) is 5.69. The summed E-state index contributed by atoms with van der Waals surface area (Å²) >= 11 is 1.68. The maximum absolute atomic E-state index is 5.19. The largest absolute Gasteiger partial charge is 0.497 e. The standard InChI is InChI=1S/C16H17N3OS/c1-10-8-21-15-14(10)17-9-18-16(15)19-11(2)12-4-6-13(20-3)7-5-12/h4-9,11H,1-3H3,(H,17,18,19). The molecule has 0 aliphatic carbocycles. The van der Waals surface area contributed by atoms with Crippen LogP contribution in [0.4, 0.5) is 5.82 Å². The summed E-state index contributed by atoms with van der Waals surface area (Å²) in [6.45, 7) is 4.19. The molecule has 0 fully saturated rings. The number of benzene rings is 1. The van der Waals surface area contributed by atoms with E-state index in [1.165, 1.54) is 11.1 Å². The molecule has 1 unspecified atom stereocenters. The molecule has 3 rings (SSSR count). The van der Waals surface area contributed by atoms with Gasteiger partial charge in [0.2, 0.25) is 0 Å². The van der Waals surface area contributed by atoms with Gasteiger partial charge in [0.25, 0.3) is 0 Å². The van der Waals surface area contributed by atoms with E-state index in [2.05, 4.69) is 46.6 Å². The van der Waals surface area contributed by atoms with E-state index in [1.807, 2.05) is 12.1 Å². The predicted octanol–water partition coefficient (Wildman–Crippen LogP) is 4.18. The minimum atomic E-state index is 0.163. The first kappa shape index (κ1) is 13.8. The van der Waals surface area contributed by atoms with Crippen LogP contribution in [0.3, 0.4) is 0 Å². The molecule has 1 N–H and O–H groups in total. The van der Waals surface area contributed by atoms with Crippen molar-refractivity contribution in [1.29, 1.82) is 0 Å². The van der Waals surface area contributed by atoms with Crippen LogP contribution >= 0.6 is 11.3 Å². The Balaban J connectivity index is 1.87. The topological polar surface area (TPSA) is 47.0 Å². The van der Waals surface area contributed by atoms with Crippen molar-refractivity contribution in [3.63, 3.8) is 0 Å². The van der Waals surface area contributed by atoms with Gasteiger partial charge in [-0.2, -0.15) is 0 Å². The Hall–Kier alpha value is -2.14. The third kappa shape index (κ3) is 2.69. The van der Waals surface area contributed by atoms with Crippen molar-refractivity contribution in [2.24, 2.45) is 0 Å². The first-order valence-corrected chi connectivity index (χ1v) is 7.66. The SMILES string of the molecule is COc1ccc(C(C)Nc2ncnc3c(C)csc23)cc1. The van der Waals surface area contributed by atoms with Crippen LogP contribution in [-0.4, -0.2) is 17.1 Å². The molecule has 0 amide bonds. The van der Waals surface area contributed by atoms with Crippen LogP contribution in [0.25, 0.3) is 10.2 Å². The molecule has 0 saturated carbocycles. The molecule has 2 heterocycles. The fraction of sp³-hybridized carbons (Fsp3) is 0.250. The van der Waals surface area contributed by atoms with Crippen LogP contribution in [0.1, 0.15) is 24.1 Å². The van der Waals surface area contributed by atoms with Crippen molar-refractivity contribution in [1.82, 2.24) is 9.97 Å². The van der Waals surface area contributed by atoms with Gasteiger partial charge in [-0.3, -0.25) is 0 Å². The summed E-state index contributed by atoms with van der Waals surface area (Å²) in [7, 11) is 1.67. The van der Waals surface area contributed by atoms with Gasteiger partial charge in [-0.15, -0.1) is 11.3 Å². The van der Waals surface area contributed by atoms with Crippen molar-refractivity contribution in [3.05, 3.63) is 47.1 Å². The van der Waals surface area contributed by atoms with E-state index in [0.29, 0.717) is 0 Å². The third-order valence-electron chi connectivity index (χ3n) is 3.50. The molecule has 0 radical (unpaired) electrons. The normalized spacial score (nSPS) is 12.3. The molecule has 4 nitrogen and oxygen atoms in total. The molecule has 0 aliphatic rings. The van der Waals surface area contributed by atoms with Gasteiger partial charge in [0, 0.05) is 6.04 Å². The fourth-order valence-electron chi connectivity index (χ4n) is 2.25. The Morgan fingerprint density at radius 3 is 2.67 bits per heavy atom. The number of hydrogen-bond acceptors (Lipinski definition) is 5. The van der Waals surface area contributed by atoms with Crippen LogP contribution in [-0.2, 0) is 0 Å². The second-order valence-electron chi connectivity index (χ2n) is 4.96. The van der Waals surface area contributed by atoms with Gasteiger partial charge in [0.05, 0.1) is 17.3 Å². The van der Waals surface area contributed by atoms with Gasteiger partial charge in [0.15, 0.2) is 0 Å². The van der Waals surface area contributed by atoms with Crippen molar-refractivity contribution in [2.45, 2.75) is 19.9 Å². The monoisotopic (exact) mass is 299 g/mol. The summed E-state index contributed by atoms with van der Waals surface area (Å²) in [6, 6.07) is 8.23. The molecule has 3 aromatic rings. The van der Waals surface area contributed by atoms with Gasteiger partial charge in [-0.25, -0.2) is 9.97 Å².